The van der Waals surface area contributed by atoms with Gasteiger partial charge in [-0.05, 0) is 48.9 Å². The molecule has 0 saturated carbocycles. The summed E-state index contributed by atoms with van der Waals surface area (Å²) in [4.78, 5) is 12.8. The summed E-state index contributed by atoms with van der Waals surface area (Å²) in [5.41, 5.74) is 1.31. The van der Waals surface area contributed by atoms with Crippen molar-refractivity contribution in [1.82, 2.24) is 4.90 Å². The van der Waals surface area contributed by atoms with Crippen molar-refractivity contribution in [3.05, 3.63) is 38.9 Å². The lowest BCUT2D eigenvalue weighted by molar-refractivity contribution is -0.384. The molecule has 1 aliphatic rings. The fourth-order valence-corrected chi connectivity index (χ4v) is 3.17. The van der Waals surface area contributed by atoms with Gasteiger partial charge in [0.25, 0.3) is 5.69 Å². The summed E-state index contributed by atoms with van der Waals surface area (Å²) in [6.07, 6.45) is 2.35. The molecule has 1 aliphatic heterocycles. The molecule has 0 bridgehead atoms. The number of hydrogen-bond donors (Lipinski definition) is 0. The van der Waals surface area contributed by atoms with Crippen LogP contribution >= 0.6 is 11.6 Å². The molecule has 1 saturated heterocycles. The number of nitro groups is 1. The summed E-state index contributed by atoms with van der Waals surface area (Å²) >= 11 is 6.17. The van der Waals surface area contributed by atoms with Crippen LogP contribution in [0.1, 0.15) is 39.2 Å². The van der Waals surface area contributed by atoms with E-state index in [2.05, 4.69) is 25.7 Å². The van der Waals surface area contributed by atoms with Crippen LogP contribution in [0.2, 0.25) is 5.02 Å². The second-order valence-corrected chi connectivity index (χ2v) is 7.36. The molecule has 116 valence electrons. The first kappa shape index (κ1) is 16.2. The highest BCUT2D eigenvalue weighted by atomic mass is 35.5. The largest absolute Gasteiger partial charge is 0.299 e. The van der Waals surface area contributed by atoms with E-state index in [1.54, 1.807) is 12.1 Å². The van der Waals surface area contributed by atoms with Crippen LogP contribution in [0.4, 0.5) is 5.69 Å². The summed E-state index contributed by atoms with van der Waals surface area (Å²) in [6.45, 7) is 9.64. The van der Waals surface area contributed by atoms with E-state index in [1.807, 2.05) is 0 Å². The number of halogens is 1. The van der Waals surface area contributed by atoms with Gasteiger partial charge in [-0.2, -0.15) is 0 Å². The van der Waals surface area contributed by atoms with Crippen molar-refractivity contribution in [2.75, 3.05) is 13.1 Å². The van der Waals surface area contributed by atoms with Gasteiger partial charge in [0.2, 0.25) is 0 Å². The van der Waals surface area contributed by atoms with Crippen LogP contribution in [0.5, 0.6) is 0 Å². The van der Waals surface area contributed by atoms with Gasteiger partial charge in [0.15, 0.2) is 0 Å². The molecule has 0 aromatic heterocycles. The molecular weight excluding hydrogens is 288 g/mol. The third-order valence-electron chi connectivity index (χ3n) is 4.45. The maximum Gasteiger partial charge on any atom is 0.269 e. The molecule has 5 heteroatoms. The number of nitro benzene ring substituents is 1. The lowest BCUT2D eigenvalue weighted by Crippen LogP contribution is -2.37. The molecule has 21 heavy (non-hydrogen) atoms. The van der Waals surface area contributed by atoms with E-state index in [0.29, 0.717) is 17.0 Å². The fourth-order valence-electron chi connectivity index (χ4n) is 2.99. The van der Waals surface area contributed by atoms with E-state index in [1.165, 1.54) is 18.9 Å². The third kappa shape index (κ3) is 4.17. The van der Waals surface area contributed by atoms with Crippen LogP contribution in [-0.2, 0) is 6.54 Å². The summed E-state index contributed by atoms with van der Waals surface area (Å²) in [5, 5.41) is 11.5. The molecular formula is C16H23ClN2O2. The quantitative estimate of drug-likeness (QED) is 0.609. The van der Waals surface area contributed by atoms with Gasteiger partial charge in [-0.3, -0.25) is 15.0 Å². The molecule has 0 unspecified atom stereocenters. The maximum absolute atomic E-state index is 10.9. The van der Waals surface area contributed by atoms with Gasteiger partial charge in [0.1, 0.15) is 0 Å². The van der Waals surface area contributed by atoms with E-state index in [4.69, 9.17) is 11.6 Å². The van der Waals surface area contributed by atoms with Crippen LogP contribution in [0.25, 0.3) is 0 Å². The van der Waals surface area contributed by atoms with Crippen molar-refractivity contribution >= 4 is 17.3 Å². The van der Waals surface area contributed by atoms with Crippen molar-refractivity contribution in [1.29, 1.82) is 0 Å². The van der Waals surface area contributed by atoms with Crippen molar-refractivity contribution in [3.63, 3.8) is 0 Å². The Balaban J connectivity index is 2.01. The van der Waals surface area contributed by atoms with Gasteiger partial charge in [-0.1, -0.05) is 32.4 Å². The molecule has 2 rings (SSSR count). The van der Waals surface area contributed by atoms with Crippen molar-refractivity contribution in [3.8, 4) is 0 Å². The van der Waals surface area contributed by atoms with E-state index in [-0.39, 0.29) is 10.6 Å². The molecule has 1 heterocycles. The molecule has 0 amide bonds. The minimum Gasteiger partial charge on any atom is -0.299 e. The number of rotatable bonds is 3. The first-order valence-corrected chi connectivity index (χ1v) is 7.80. The Labute approximate surface area is 131 Å². The molecule has 1 aromatic rings. The smallest absolute Gasteiger partial charge is 0.269 e. The van der Waals surface area contributed by atoms with Crippen molar-refractivity contribution in [2.45, 2.75) is 40.2 Å². The standard InChI is InChI=1S/C16H23ClN2O2/c1-16(2,3)13-6-8-18(9-7-13)11-12-10-14(19(20)21)4-5-15(12)17/h4-5,10,13H,6-9,11H2,1-3H3. The highest BCUT2D eigenvalue weighted by Crippen LogP contribution is 2.35. The average Bonchev–Trinajstić information content (AvgIpc) is 2.40. The van der Waals surface area contributed by atoms with E-state index in [9.17, 15) is 10.1 Å². The Morgan fingerprint density at radius 2 is 1.95 bits per heavy atom. The minimum absolute atomic E-state index is 0.110. The molecule has 1 fully saturated rings. The van der Waals surface area contributed by atoms with Gasteiger partial charge in [-0.25, -0.2) is 0 Å². The highest BCUT2D eigenvalue weighted by Gasteiger charge is 2.28. The number of non-ortho nitro benzene ring substituents is 1. The second-order valence-electron chi connectivity index (χ2n) is 6.95. The summed E-state index contributed by atoms with van der Waals surface area (Å²) in [5.74, 6) is 0.745. The zero-order valence-electron chi connectivity index (χ0n) is 12.9. The molecule has 4 nitrogen and oxygen atoms in total. The summed E-state index contributed by atoms with van der Waals surface area (Å²) in [7, 11) is 0. The van der Waals surface area contributed by atoms with E-state index < -0.39 is 0 Å². The second kappa shape index (κ2) is 6.32. The van der Waals surface area contributed by atoms with Gasteiger partial charge in [0, 0.05) is 23.7 Å². The van der Waals surface area contributed by atoms with Crippen LogP contribution in [0.15, 0.2) is 18.2 Å². The molecule has 1 aromatic carbocycles. The van der Waals surface area contributed by atoms with Crippen LogP contribution in [-0.4, -0.2) is 22.9 Å². The lowest BCUT2D eigenvalue weighted by Gasteiger charge is -2.38. The molecule has 0 N–H and O–H groups in total. The molecule has 0 radical (unpaired) electrons. The predicted octanol–water partition coefficient (Wildman–Crippen LogP) is 4.51. The van der Waals surface area contributed by atoms with Crippen LogP contribution < -0.4 is 0 Å². The Hall–Kier alpha value is -1.13. The normalized spacial score (nSPS) is 17.9. The zero-order valence-corrected chi connectivity index (χ0v) is 13.7. The molecule has 0 aliphatic carbocycles. The van der Waals surface area contributed by atoms with Crippen molar-refractivity contribution < 1.29 is 4.92 Å². The number of benzene rings is 1. The zero-order chi connectivity index (χ0) is 15.6. The topological polar surface area (TPSA) is 46.4 Å². The first-order valence-electron chi connectivity index (χ1n) is 7.42. The van der Waals surface area contributed by atoms with Crippen LogP contribution in [0.3, 0.4) is 0 Å². The minimum atomic E-state index is -0.369. The number of nitrogens with zero attached hydrogens (tertiary/aromatic N) is 2. The highest BCUT2D eigenvalue weighted by molar-refractivity contribution is 6.31. The summed E-state index contributed by atoms with van der Waals surface area (Å²) in [6, 6.07) is 4.67. The van der Waals surface area contributed by atoms with Gasteiger partial charge in [-0.15, -0.1) is 0 Å². The first-order chi connectivity index (χ1) is 9.77. The predicted molar refractivity (Wildman–Crippen MR) is 85.6 cm³/mol. The number of hydrogen-bond acceptors (Lipinski definition) is 3. The SMILES string of the molecule is CC(C)(C)C1CCN(Cc2cc([N+](=O)[O-])ccc2Cl)CC1. The Morgan fingerprint density at radius 3 is 2.48 bits per heavy atom. The van der Waals surface area contributed by atoms with Crippen LogP contribution in [0, 0.1) is 21.4 Å². The number of piperidine rings is 1. The average molecular weight is 311 g/mol. The van der Waals surface area contributed by atoms with Gasteiger partial charge in [0.05, 0.1) is 4.92 Å². The lowest BCUT2D eigenvalue weighted by atomic mass is 9.75. The number of likely N-dealkylation sites (tertiary alicyclic amines) is 1. The Morgan fingerprint density at radius 1 is 1.33 bits per heavy atom. The maximum atomic E-state index is 10.9. The van der Waals surface area contributed by atoms with E-state index in [0.717, 1.165) is 24.6 Å². The molecule has 0 atom stereocenters. The van der Waals surface area contributed by atoms with Gasteiger partial charge < -0.3 is 0 Å². The fraction of sp³-hybridized carbons (Fsp3) is 0.625. The Bertz CT molecular complexity index is 517. The third-order valence-corrected chi connectivity index (χ3v) is 4.82. The van der Waals surface area contributed by atoms with E-state index >= 15 is 0 Å². The monoisotopic (exact) mass is 310 g/mol. The van der Waals surface area contributed by atoms with Gasteiger partial charge >= 0.3 is 0 Å². The van der Waals surface area contributed by atoms with Crippen molar-refractivity contribution in [2.24, 2.45) is 11.3 Å². The Kier molecular flexibility index (Phi) is 4.89. The summed E-state index contributed by atoms with van der Waals surface area (Å²) < 4.78 is 0. The molecule has 0 spiro atoms.